The Morgan fingerprint density at radius 1 is 0.923 bits per heavy atom. The van der Waals surface area contributed by atoms with E-state index in [-0.39, 0.29) is 17.3 Å². The molecule has 0 aliphatic carbocycles. The van der Waals surface area contributed by atoms with E-state index in [1.807, 2.05) is 6.92 Å². The second kappa shape index (κ2) is 13.0. The van der Waals surface area contributed by atoms with Gasteiger partial charge in [0.25, 0.3) is 10.0 Å². The van der Waals surface area contributed by atoms with Gasteiger partial charge in [-0.3, -0.25) is 13.9 Å². The highest BCUT2D eigenvalue weighted by atomic mass is 35.5. The number of sulfonamides is 1. The Labute approximate surface area is 244 Å². The zero-order valence-electron chi connectivity index (χ0n) is 22.0. The number of likely N-dealkylation sites (N-methyl/N-ethyl adjacent to an activating group) is 1. The van der Waals surface area contributed by atoms with Crippen molar-refractivity contribution >= 4 is 62.3 Å². The van der Waals surface area contributed by atoms with E-state index in [0.717, 1.165) is 9.87 Å². The van der Waals surface area contributed by atoms with Crippen LogP contribution in [0.15, 0.2) is 65.6 Å². The molecule has 39 heavy (non-hydrogen) atoms. The molecule has 3 rings (SSSR count). The van der Waals surface area contributed by atoms with Crippen molar-refractivity contribution in [2.24, 2.45) is 0 Å². The number of amides is 2. The van der Waals surface area contributed by atoms with Gasteiger partial charge in [0.05, 0.1) is 10.6 Å². The largest absolute Gasteiger partial charge is 0.357 e. The van der Waals surface area contributed by atoms with Crippen LogP contribution in [0.2, 0.25) is 15.1 Å². The standard InChI is InChI=1S/C28H30Cl3N3O4S/c1-5-25(28(36)32-4)33(16-20-8-9-22(30)15-24(20)31)27(35)17-34(26-13-10-21(29)14-19(26)3)39(37,38)23-11-6-18(2)7-12-23/h6-15,25H,5,16-17H2,1-4H3,(H,32,36)/t25-/m1/s1. The molecule has 1 N–H and O–H groups in total. The summed E-state index contributed by atoms with van der Waals surface area (Å²) < 4.78 is 28.9. The van der Waals surface area contributed by atoms with Crippen LogP contribution in [0.5, 0.6) is 0 Å². The molecule has 0 bridgehead atoms. The van der Waals surface area contributed by atoms with Crippen molar-refractivity contribution in [2.45, 2.75) is 44.7 Å². The van der Waals surface area contributed by atoms with Gasteiger partial charge in [0.2, 0.25) is 11.8 Å². The van der Waals surface area contributed by atoms with E-state index in [1.165, 1.54) is 24.1 Å². The van der Waals surface area contributed by atoms with Gasteiger partial charge in [-0.25, -0.2) is 8.42 Å². The third-order valence-electron chi connectivity index (χ3n) is 6.30. The summed E-state index contributed by atoms with van der Waals surface area (Å²) in [4.78, 5) is 28.2. The first-order valence-electron chi connectivity index (χ1n) is 12.2. The van der Waals surface area contributed by atoms with Crippen molar-refractivity contribution in [1.29, 1.82) is 0 Å². The molecule has 0 saturated carbocycles. The second-order valence-electron chi connectivity index (χ2n) is 9.05. The normalized spacial score (nSPS) is 12.1. The zero-order valence-corrected chi connectivity index (χ0v) is 25.1. The van der Waals surface area contributed by atoms with E-state index in [9.17, 15) is 18.0 Å². The Hall–Kier alpha value is -2.78. The van der Waals surface area contributed by atoms with Crippen LogP contribution in [0.3, 0.4) is 0 Å². The molecule has 3 aromatic carbocycles. The Bertz CT molecular complexity index is 1460. The smallest absolute Gasteiger partial charge is 0.264 e. The maximum Gasteiger partial charge on any atom is 0.264 e. The quantitative estimate of drug-likeness (QED) is 0.305. The van der Waals surface area contributed by atoms with Crippen LogP contribution >= 0.6 is 34.8 Å². The summed E-state index contributed by atoms with van der Waals surface area (Å²) in [6.07, 6.45) is 0.293. The van der Waals surface area contributed by atoms with E-state index in [1.54, 1.807) is 62.4 Å². The zero-order chi connectivity index (χ0) is 28.9. The lowest BCUT2D eigenvalue weighted by atomic mass is 10.1. The van der Waals surface area contributed by atoms with Crippen LogP contribution in [0, 0.1) is 13.8 Å². The number of hydrogen-bond acceptors (Lipinski definition) is 4. The molecule has 0 radical (unpaired) electrons. The van der Waals surface area contributed by atoms with Crippen molar-refractivity contribution in [3.63, 3.8) is 0 Å². The first-order valence-corrected chi connectivity index (χ1v) is 14.8. The molecule has 0 fully saturated rings. The Morgan fingerprint density at radius 3 is 2.10 bits per heavy atom. The molecule has 1 atom stereocenters. The van der Waals surface area contributed by atoms with Crippen molar-refractivity contribution in [2.75, 3.05) is 17.9 Å². The van der Waals surface area contributed by atoms with Gasteiger partial charge in [-0.2, -0.15) is 0 Å². The minimum Gasteiger partial charge on any atom is -0.357 e. The Kier molecular flexibility index (Phi) is 10.3. The number of anilines is 1. The van der Waals surface area contributed by atoms with Crippen LogP contribution in [0.1, 0.15) is 30.0 Å². The van der Waals surface area contributed by atoms with Gasteiger partial charge in [-0.05, 0) is 73.9 Å². The summed E-state index contributed by atoms with van der Waals surface area (Å²) in [5.41, 5.74) is 2.32. The highest BCUT2D eigenvalue weighted by molar-refractivity contribution is 7.92. The molecule has 208 valence electrons. The van der Waals surface area contributed by atoms with Gasteiger partial charge in [-0.1, -0.05) is 65.5 Å². The van der Waals surface area contributed by atoms with Crippen LogP contribution in [0.4, 0.5) is 5.69 Å². The van der Waals surface area contributed by atoms with Crippen LogP contribution < -0.4 is 9.62 Å². The number of halogens is 3. The van der Waals surface area contributed by atoms with E-state index in [4.69, 9.17) is 34.8 Å². The van der Waals surface area contributed by atoms with Gasteiger partial charge in [-0.15, -0.1) is 0 Å². The number of benzene rings is 3. The van der Waals surface area contributed by atoms with E-state index < -0.39 is 28.5 Å². The number of nitrogens with one attached hydrogen (secondary N) is 1. The van der Waals surface area contributed by atoms with Gasteiger partial charge >= 0.3 is 0 Å². The lowest BCUT2D eigenvalue weighted by Crippen LogP contribution is -2.51. The van der Waals surface area contributed by atoms with Gasteiger partial charge in [0.15, 0.2) is 0 Å². The molecule has 3 aromatic rings. The third kappa shape index (κ3) is 7.25. The SMILES string of the molecule is CC[C@H](C(=O)NC)N(Cc1ccc(Cl)cc1Cl)C(=O)CN(c1ccc(Cl)cc1C)S(=O)(=O)c1ccc(C)cc1. The summed E-state index contributed by atoms with van der Waals surface area (Å²) in [5.74, 6) is -0.965. The third-order valence-corrected chi connectivity index (χ3v) is 8.90. The lowest BCUT2D eigenvalue weighted by molar-refractivity contribution is -0.140. The van der Waals surface area contributed by atoms with Crippen molar-refractivity contribution in [1.82, 2.24) is 10.2 Å². The van der Waals surface area contributed by atoms with Crippen molar-refractivity contribution in [3.05, 3.63) is 92.4 Å². The predicted octanol–water partition coefficient (Wildman–Crippen LogP) is 6.01. The molecule has 0 aliphatic heterocycles. The molecule has 2 amide bonds. The van der Waals surface area contributed by atoms with Crippen LogP contribution in [0.25, 0.3) is 0 Å². The lowest BCUT2D eigenvalue weighted by Gasteiger charge is -2.33. The molecule has 0 spiro atoms. The predicted molar refractivity (Wildman–Crippen MR) is 157 cm³/mol. The molecule has 0 unspecified atom stereocenters. The number of rotatable bonds is 10. The first kappa shape index (κ1) is 30.8. The number of hydrogen-bond donors (Lipinski definition) is 1. The fourth-order valence-electron chi connectivity index (χ4n) is 4.17. The van der Waals surface area contributed by atoms with E-state index in [0.29, 0.717) is 38.3 Å². The van der Waals surface area contributed by atoms with Gasteiger partial charge in [0, 0.05) is 28.7 Å². The fourth-order valence-corrected chi connectivity index (χ4v) is 6.34. The van der Waals surface area contributed by atoms with Gasteiger partial charge < -0.3 is 10.2 Å². The summed E-state index contributed by atoms with van der Waals surface area (Å²) in [5, 5.41) is 3.77. The van der Waals surface area contributed by atoms with Crippen LogP contribution in [-0.2, 0) is 26.2 Å². The van der Waals surface area contributed by atoms with Gasteiger partial charge in [0.1, 0.15) is 12.6 Å². The number of aryl methyl sites for hydroxylation is 2. The molecule has 0 heterocycles. The number of carbonyl (C=O) groups excluding carboxylic acids is 2. The highest BCUT2D eigenvalue weighted by Gasteiger charge is 2.34. The minimum absolute atomic E-state index is 0.0286. The topological polar surface area (TPSA) is 86.8 Å². The van der Waals surface area contributed by atoms with E-state index >= 15 is 0 Å². The summed E-state index contributed by atoms with van der Waals surface area (Å²) in [6.45, 7) is 4.75. The minimum atomic E-state index is -4.18. The number of nitrogens with zero attached hydrogens (tertiary/aromatic N) is 2. The number of carbonyl (C=O) groups is 2. The summed E-state index contributed by atoms with van der Waals surface area (Å²) in [6, 6.07) is 15.1. The molecule has 0 saturated heterocycles. The highest BCUT2D eigenvalue weighted by Crippen LogP contribution is 2.30. The maximum atomic E-state index is 14.0. The van der Waals surface area contributed by atoms with Crippen LogP contribution in [-0.4, -0.2) is 44.8 Å². The molecular weight excluding hydrogens is 581 g/mol. The van der Waals surface area contributed by atoms with Crippen molar-refractivity contribution < 1.29 is 18.0 Å². The first-order chi connectivity index (χ1) is 18.4. The molecule has 0 aliphatic rings. The molecular formula is C28H30Cl3N3O4S. The molecule has 7 nitrogen and oxygen atoms in total. The fraction of sp³-hybridized carbons (Fsp3) is 0.286. The second-order valence-corrected chi connectivity index (χ2v) is 12.2. The average molecular weight is 611 g/mol. The van der Waals surface area contributed by atoms with E-state index in [2.05, 4.69) is 5.32 Å². The molecule has 0 aromatic heterocycles. The average Bonchev–Trinajstić information content (AvgIpc) is 2.88. The Balaban J connectivity index is 2.11. The summed E-state index contributed by atoms with van der Waals surface area (Å²) >= 11 is 18.6. The van der Waals surface area contributed by atoms with Crippen molar-refractivity contribution in [3.8, 4) is 0 Å². The maximum absolute atomic E-state index is 14.0. The Morgan fingerprint density at radius 2 is 1.54 bits per heavy atom. The monoisotopic (exact) mass is 609 g/mol. The summed E-state index contributed by atoms with van der Waals surface area (Å²) in [7, 11) is -2.70. The molecule has 11 heteroatoms.